The maximum atomic E-state index is 6.20. The zero-order chi connectivity index (χ0) is 20.9. The van der Waals surface area contributed by atoms with Gasteiger partial charge in [0, 0.05) is 9.79 Å². The molecule has 1 fully saturated rings. The molecular weight excluding hydrogens is 387 g/mol. The summed E-state index contributed by atoms with van der Waals surface area (Å²) in [5, 5.41) is 0. The number of hydrogen-bond donors (Lipinski definition) is 0. The molecule has 0 radical (unpaired) electrons. The Morgan fingerprint density at radius 1 is 0.700 bits per heavy atom. The Hall–Kier alpha value is -2.27. The van der Waals surface area contributed by atoms with Gasteiger partial charge in [-0.2, -0.15) is 0 Å². The number of fused-ring (bicyclic) bond motifs is 2. The molecule has 3 aromatic rings. The van der Waals surface area contributed by atoms with Crippen LogP contribution in [0.3, 0.4) is 0 Å². The van der Waals surface area contributed by atoms with Crippen molar-refractivity contribution in [2.75, 3.05) is 0 Å². The second kappa shape index (κ2) is 7.16. The van der Waals surface area contributed by atoms with E-state index < -0.39 is 0 Å². The van der Waals surface area contributed by atoms with Gasteiger partial charge in [-0.15, -0.1) is 0 Å². The highest BCUT2D eigenvalue weighted by Gasteiger charge is 2.51. The lowest BCUT2D eigenvalue weighted by Crippen LogP contribution is -2.41. The summed E-state index contributed by atoms with van der Waals surface area (Å²) < 4.78 is 12.4. The molecule has 3 aromatic carbocycles. The second-order valence-corrected chi connectivity index (χ2v) is 9.98. The van der Waals surface area contributed by atoms with E-state index in [1.807, 2.05) is 11.8 Å². The van der Waals surface area contributed by atoms with E-state index in [1.165, 1.54) is 32.0 Å². The van der Waals surface area contributed by atoms with Gasteiger partial charge >= 0.3 is 7.12 Å². The van der Waals surface area contributed by atoms with Crippen LogP contribution in [0.15, 0.2) is 76.5 Å². The van der Waals surface area contributed by atoms with Crippen molar-refractivity contribution >= 4 is 36.5 Å². The smallest absolute Gasteiger partial charge is 0.399 e. The lowest BCUT2D eigenvalue weighted by molar-refractivity contribution is 0.00578. The van der Waals surface area contributed by atoms with Gasteiger partial charge in [-0.25, -0.2) is 0 Å². The van der Waals surface area contributed by atoms with Crippen LogP contribution in [0.1, 0.15) is 38.8 Å². The molecule has 4 heteroatoms. The lowest BCUT2D eigenvalue weighted by Gasteiger charge is -2.32. The average molecular weight is 412 g/mol. The largest absolute Gasteiger partial charge is 0.494 e. The van der Waals surface area contributed by atoms with E-state index in [-0.39, 0.29) is 18.3 Å². The normalized spacial score (nSPS) is 18.6. The Morgan fingerprint density at radius 3 is 2.10 bits per heavy atom. The molecule has 0 amide bonds. The van der Waals surface area contributed by atoms with Gasteiger partial charge in [0.2, 0.25) is 0 Å². The minimum atomic E-state index is -0.332. The van der Waals surface area contributed by atoms with Crippen molar-refractivity contribution in [3.8, 4) is 11.1 Å². The fraction of sp³-hybridized carbons (Fsp3) is 0.231. The van der Waals surface area contributed by atoms with Crippen LogP contribution in [0.2, 0.25) is 0 Å². The zero-order valence-corrected chi connectivity index (χ0v) is 18.6. The molecule has 5 rings (SSSR count). The van der Waals surface area contributed by atoms with E-state index in [2.05, 4.69) is 107 Å². The molecule has 150 valence electrons. The summed E-state index contributed by atoms with van der Waals surface area (Å²) >= 11 is 1.83. The molecule has 2 nitrogen and oxygen atoms in total. The van der Waals surface area contributed by atoms with Gasteiger partial charge in [0.1, 0.15) is 0 Å². The molecule has 0 aromatic heterocycles. The molecule has 0 N–H and O–H groups in total. The summed E-state index contributed by atoms with van der Waals surface area (Å²) in [5.74, 6) is 0. The molecule has 2 heterocycles. The van der Waals surface area contributed by atoms with Crippen molar-refractivity contribution in [3.05, 3.63) is 77.9 Å². The molecule has 0 saturated carbocycles. The molecule has 1 saturated heterocycles. The van der Waals surface area contributed by atoms with Crippen molar-refractivity contribution in [3.63, 3.8) is 0 Å². The van der Waals surface area contributed by atoms with E-state index in [0.29, 0.717) is 0 Å². The third kappa shape index (κ3) is 3.33. The Kier molecular flexibility index (Phi) is 4.70. The molecule has 2 aliphatic heterocycles. The number of rotatable bonds is 2. The molecule has 0 unspecified atom stereocenters. The van der Waals surface area contributed by atoms with Crippen molar-refractivity contribution in [2.45, 2.75) is 48.7 Å². The van der Waals surface area contributed by atoms with E-state index in [0.717, 1.165) is 5.46 Å². The topological polar surface area (TPSA) is 18.5 Å². The average Bonchev–Trinajstić information content (AvgIpc) is 2.86. The highest BCUT2D eigenvalue weighted by molar-refractivity contribution is 7.99. The van der Waals surface area contributed by atoms with Crippen LogP contribution in [0.25, 0.3) is 23.3 Å². The van der Waals surface area contributed by atoms with E-state index in [1.54, 1.807) is 0 Å². The molecule has 2 aliphatic rings. The van der Waals surface area contributed by atoms with Gasteiger partial charge in [-0.1, -0.05) is 78.5 Å². The summed E-state index contributed by atoms with van der Waals surface area (Å²) in [6, 6.07) is 23.7. The fourth-order valence-electron chi connectivity index (χ4n) is 3.86. The summed E-state index contributed by atoms with van der Waals surface area (Å²) in [5.41, 5.74) is 5.36. The van der Waals surface area contributed by atoms with Gasteiger partial charge in [-0.3, -0.25) is 0 Å². The monoisotopic (exact) mass is 412 g/mol. The van der Waals surface area contributed by atoms with Gasteiger partial charge in [0.15, 0.2) is 0 Å². The Bertz CT molecular complexity index is 1120. The Balaban J connectivity index is 1.48. The minimum absolute atomic E-state index is 0.329. The molecule has 30 heavy (non-hydrogen) atoms. The molecule has 0 bridgehead atoms. The Morgan fingerprint density at radius 2 is 1.37 bits per heavy atom. The minimum Gasteiger partial charge on any atom is -0.399 e. The van der Waals surface area contributed by atoms with Crippen LogP contribution in [0.5, 0.6) is 0 Å². The van der Waals surface area contributed by atoms with Crippen molar-refractivity contribution < 1.29 is 9.31 Å². The number of hydrogen-bond acceptors (Lipinski definition) is 3. The second-order valence-electron chi connectivity index (χ2n) is 8.90. The highest BCUT2D eigenvalue weighted by Crippen LogP contribution is 2.41. The third-order valence-electron chi connectivity index (χ3n) is 6.38. The molecule has 0 aliphatic carbocycles. The first kappa shape index (κ1) is 19.7. The summed E-state index contributed by atoms with van der Waals surface area (Å²) in [6.45, 7) is 8.34. The van der Waals surface area contributed by atoms with E-state index in [4.69, 9.17) is 9.31 Å². The van der Waals surface area contributed by atoms with Gasteiger partial charge < -0.3 is 9.31 Å². The van der Waals surface area contributed by atoms with Crippen LogP contribution in [-0.4, -0.2) is 18.3 Å². The summed E-state index contributed by atoms with van der Waals surface area (Å²) in [6.07, 6.45) is 4.46. The first-order valence-corrected chi connectivity index (χ1v) is 11.2. The van der Waals surface area contributed by atoms with Crippen LogP contribution >= 0.6 is 11.8 Å². The third-order valence-corrected chi connectivity index (χ3v) is 7.55. The van der Waals surface area contributed by atoms with Crippen molar-refractivity contribution in [1.82, 2.24) is 0 Å². The lowest BCUT2D eigenvalue weighted by atomic mass is 9.78. The maximum absolute atomic E-state index is 6.20. The zero-order valence-electron chi connectivity index (χ0n) is 17.8. The van der Waals surface area contributed by atoms with Crippen LogP contribution in [0, 0.1) is 0 Å². The molecule has 0 atom stereocenters. The first-order valence-electron chi connectivity index (χ1n) is 10.4. The fourth-order valence-corrected chi connectivity index (χ4v) is 4.93. The predicted molar refractivity (Wildman–Crippen MR) is 127 cm³/mol. The van der Waals surface area contributed by atoms with Crippen LogP contribution < -0.4 is 5.46 Å². The first-order chi connectivity index (χ1) is 14.3. The Labute approximate surface area is 183 Å². The summed E-state index contributed by atoms with van der Waals surface area (Å²) in [7, 11) is -0.332. The SMILES string of the molecule is CC1(C)OB(c2ccc(-c3cccc4c3C=Cc3ccccc3S4)cc2)OC1(C)C. The van der Waals surface area contributed by atoms with Gasteiger partial charge in [-0.05, 0) is 67.5 Å². The molecule has 0 spiro atoms. The van der Waals surface area contributed by atoms with Crippen molar-refractivity contribution in [1.29, 1.82) is 0 Å². The number of benzene rings is 3. The maximum Gasteiger partial charge on any atom is 0.494 e. The van der Waals surface area contributed by atoms with Gasteiger partial charge in [0.25, 0.3) is 0 Å². The predicted octanol–water partition coefficient (Wildman–Crippen LogP) is 6.29. The van der Waals surface area contributed by atoms with E-state index >= 15 is 0 Å². The van der Waals surface area contributed by atoms with Crippen molar-refractivity contribution in [2.24, 2.45) is 0 Å². The quantitative estimate of drug-likeness (QED) is 0.361. The van der Waals surface area contributed by atoms with E-state index in [9.17, 15) is 0 Å². The van der Waals surface area contributed by atoms with Crippen LogP contribution in [0.4, 0.5) is 0 Å². The standard InChI is InChI=1S/C26H25BO2S/c1-25(2)26(3,4)29-27(28-25)20-15-12-18(13-16-20)21-9-7-11-24-22(21)17-14-19-8-5-6-10-23(19)30-24/h5-17H,1-4H3. The highest BCUT2D eigenvalue weighted by atomic mass is 32.2. The van der Waals surface area contributed by atoms with Crippen LogP contribution in [-0.2, 0) is 9.31 Å². The van der Waals surface area contributed by atoms with Gasteiger partial charge in [0.05, 0.1) is 11.2 Å². The summed E-state index contributed by atoms with van der Waals surface area (Å²) in [4.78, 5) is 2.57. The molecular formula is C26H25BO2S.